The fourth-order valence-corrected chi connectivity index (χ4v) is 1.96. The summed E-state index contributed by atoms with van der Waals surface area (Å²) in [5.74, 6) is 0.0621. The predicted molar refractivity (Wildman–Crippen MR) is 86.2 cm³/mol. The van der Waals surface area contributed by atoms with Gasteiger partial charge >= 0.3 is 6.09 Å². The number of benzene rings is 2. The van der Waals surface area contributed by atoms with Crippen molar-refractivity contribution in [2.75, 3.05) is 11.9 Å². The highest BCUT2D eigenvalue weighted by Gasteiger charge is 2.07. The first kappa shape index (κ1) is 15.8. The number of rotatable bonds is 6. The number of carbonyl (C=O) groups is 2. The Bertz CT molecular complexity index is 621. The van der Waals surface area contributed by atoms with Gasteiger partial charge in [-0.25, -0.2) is 4.79 Å². The number of ether oxygens (including phenoxy) is 1. The fraction of sp³-hybridized carbons (Fsp3) is 0.222. The highest BCUT2D eigenvalue weighted by Crippen LogP contribution is 2.08. The minimum absolute atomic E-state index is 0.0621. The largest absolute Gasteiger partial charge is 0.449 e. The summed E-state index contributed by atoms with van der Waals surface area (Å²) in [6.07, 6.45) is 0.366. The van der Waals surface area contributed by atoms with Crippen molar-refractivity contribution < 1.29 is 14.3 Å². The van der Waals surface area contributed by atoms with E-state index in [0.717, 1.165) is 5.56 Å². The molecular weight excluding hydrogens is 278 g/mol. The van der Waals surface area contributed by atoms with Gasteiger partial charge in [0.2, 0.25) is 0 Å². The minimum Gasteiger partial charge on any atom is -0.449 e. The van der Waals surface area contributed by atoms with Crippen LogP contribution >= 0.6 is 0 Å². The van der Waals surface area contributed by atoms with Crippen molar-refractivity contribution in [3.63, 3.8) is 0 Å². The summed E-state index contributed by atoms with van der Waals surface area (Å²) in [5, 5.41) is 2.62. The Kier molecular flexibility index (Phi) is 5.72. The van der Waals surface area contributed by atoms with E-state index in [2.05, 4.69) is 5.32 Å². The smallest absolute Gasteiger partial charge is 0.411 e. The van der Waals surface area contributed by atoms with Crippen LogP contribution in [0.3, 0.4) is 0 Å². The zero-order valence-corrected chi connectivity index (χ0v) is 12.5. The second kappa shape index (κ2) is 7.98. The van der Waals surface area contributed by atoms with Gasteiger partial charge in [-0.2, -0.15) is 0 Å². The molecule has 0 saturated heterocycles. The average Bonchev–Trinajstić information content (AvgIpc) is 2.53. The molecule has 2 rings (SSSR count). The first-order chi connectivity index (χ1) is 10.6. The molecule has 2 aromatic carbocycles. The molecule has 0 radical (unpaired) electrons. The Morgan fingerprint density at radius 1 is 1.00 bits per heavy atom. The average molecular weight is 297 g/mol. The van der Waals surface area contributed by atoms with Crippen molar-refractivity contribution in [1.29, 1.82) is 0 Å². The molecular formula is C18H19NO3. The van der Waals surface area contributed by atoms with Gasteiger partial charge in [-0.1, -0.05) is 48.0 Å². The fourth-order valence-electron chi connectivity index (χ4n) is 1.96. The van der Waals surface area contributed by atoms with E-state index >= 15 is 0 Å². The molecule has 0 heterocycles. The van der Waals surface area contributed by atoms with Gasteiger partial charge in [-0.15, -0.1) is 0 Å². The SMILES string of the molecule is Cc1ccc(C(=O)CCCOC(=O)Nc2ccccc2)cc1. The van der Waals surface area contributed by atoms with E-state index in [9.17, 15) is 9.59 Å². The molecule has 0 saturated carbocycles. The van der Waals surface area contributed by atoms with Crippen molar-refractivity contribution in [1.82, 2.24) is 0 Å². The van der Waals surface area contributed by atoms with Gasteiger partial charge in [0.05, 0.1) is 6.61 Å². The number of aryl methyl sites for hydroxylation is 1. The molecule has 4 nitrogen and oxygen atoms in total. The maximum atomic E-state index is 11.9. The van der Waals surface area contributed by atoms with Crippen LogP contribution in [-0.2, 0) is 4.74 Å². The monoisotopic (exact) mass is 297 g/mol. The van der Waals surface area contributed by atoms with E-state index in [1.165, 1.54) is 0 Å². The summed E-state index contributed by atoms with van der Waals surface area (Å²) >= 11 is 0. The summed E-state index contributed by atoms with van der Waals surface area (Å²) in [6.45, 7) is 2.20. The van der Waals surface area contributed by atoms with Gasteiger partial charge < -0.3 is 4.74 Å². The highest BCUT2D eigenvalue weighted by molar-refractivity contribution is 5.96. The molecule has 0 aliphatic rings. The van der Waals surface area contributed by atoms with E-state index < -0.39 is 6.09 Å². The van der Waals surface area contributed by atoms with Crippen LogP contribution < -0.4 is 5.32 Å². The first-order valence-corrected chi connectivity index (χ1v) is 7.24. The van der Waals surface area contributed by atoms with Crippen LogP contribution in [0.1, 0.15) is 28.8 Å². The van der Waals surface area contributed by atoms with Crippen LogP contribution in [0.2, 0.25) is 0 Å². The number of para-hydroxylation sites is 1. The summed E-state index contributed by atoms with van der Waals surface area (Å²) < 4.78 is 5.05. The third-order valence-electron chi connectivity index (χ3n) is 3.18. The van der Waals surface area contributed by atoms with Crippen molar-refractivity contribution in [2.24, 2.45) is 0 Å². The Balaban J connectivity index is 1.67. The zero-order valence-electron chi connectivity index (χ0n) is 12.5. The number of carbonyl (C=O) groups excluding carboxylic acids is 2. The van der Waals surface area contributed by atoms with Crippen molar-refractivity contribution in [2.45, 2.75) is 19.8 Å². The molecule has 114 valence electrons. The standard InChI is InChI=1S/C18H19NO3/c1-14-9-11-15(12-10-14)17(20)8-5-13-22-18(21)19-16-6-3-2-4-7-16/h2-4,6-7,9-12H,5,8,13H2,1H3,(H,19,21). The van der Waals surface area contributed by atoms with E-state index in [0.29, 0.717) is 24.1 Å². The Hall–Kier alpha value is -2.62. The summed E-state index contributed by atoms with van der Waals surface area (Å²) in [4.78, 5) is 23.5. The van der Waals surface area contributed by atoms with Gasteiger partial charge in [0, 0.05) is 17.7 Å². The maximum Gasteiger partial charge on any atom is 0.411 e. The normalized spacial score (nSPS) is 10.0. The summed E-state index contributed by atoms with van der Waals surface area (Å²) in [6, 6.07) is 16.6. The van der Waals surface area contributed by atoms with Crippen LogP contribution in [0.4, 0.5) is 10.5 Å². The van der Waals surface area contributed by atoms with E-state index in [1.807, 2.05) is 49.4 Å². The van der Waals surface area contributed by atoms with E-state index in [4.69, 9.17) is 4.74 Å². The lowest BCUT2D eigenvalue weighted by molar-refractivity contribution is 0.0964. The molecule has 0 aliphatic heterocycles. The minimum atomic E-state index is -0.506. The zero-order chi connectivity index (χ0) is 15.8. The second-order valence-electron chi connectivity index (χ2n) is 5.02. The number of Topliss-reactive ketones (excluding diaryl/α,β-unsaturated/α-hetero) is 1. The van der Waals surface area contributed by atoms with Gasteiger partial charge in [0.1, 0.15) is 0 Å². The van der Waals surface area contributed by atoms with Gasteiger partial charge in [0.15, 0.2) is 5.78 Å². The molecule has 0 bridgehead atoms. The third-order valence-corrected chi connectivity index (χ3v) is 3.18. The quantitative estimate of drug-likeness (QED) is 0.642. The van der Waals surface area contributed by atoms with Crippen LogP contribution in [-0.4, -0.2) is 18.5 Å². The molecule has 0 spiro atoms. The maximum absolute atomic E-state index is 11.9. The van der Waals surface area contributed by atoms with Crippen molar-refractivity contribution in [3.05, 3.63) is 65.7 Å². The number of anilines is 1. The number of amides is 1. The number of hydrogen-bond acceptors (Lipinski definition) is 3. The lowest BCUT2D eigenvalue weighted by Gasteiger charge is -2.06. The Morgan fingerprint density at radius 2 is 1.68 bits per heavy atom. The van der Waals surface area contributed by atoms with Crippen LogP contribution in [0, 0.1) is 6.92 Å². The van der Waals surface area contributed by atoms with Crippen LogP contribution in [0.5, 0.6) is 0 Å². The van der Waals surface area contributed by atoms with Gasteiger partial charge in [-0.05, 0) is 25.5 Å². The summed E-state index contributed by atoms with van der Waals surface area (Å²) in [7, 11) is 0. The third kappa shape index (κ3) is 5.05. The molecule has 22 heavy (non-hydrogen) atoms. The first-order valence-electron chi connectivity index (χ1n) is 7.24. The second-order valence-corrected chi connectivity index (χ2v) is 5.02. The lowest BCUT2D eigenvalue weighted by atomic mass is 10.1. The van der Waals surface area contributed by atoms with Gasteiger partial charge in [0.25, 0.3) is 0 Å². The number of nitrogens with one attached hydrogen (secondary N) is 1. The number of ketones is 1. The molecule has 0 fully saturated rings. The molecule has 2 aromatic rings. The molecule has 0 unspecified atom stereocenters. The predicted octanol–water partition coefficient (Wildman–Crippen LogP) is 4.21. The molecule has 0 atom stereocenters. The molecule has 1 N–H and O–H groups in total. The van der Waals surface area contributed by atoms with E-state index in [-0.39, 0.29) is 12.4 Å². The molecule has 0 aliphatic carbocycles. The molecule has 1 amide bonds. The van der Waals surface area contributed by atoms with Crippen LogP contribution in [0.25, 0.3) is 0 Å². The van der Waals surface area contributed by atoms with E-state index in [1.54, 1.807) is 12.1 Å². The Labute approximate surface area is 130 Å². The lowest BCUT2D eigenvalue weighted by Crippen LogP contribution is -2.14. The molecule has 0 aromatic heterocycles. The van der Waals surface area contributed by atoms with Crippen molar-refractivity contribution >= 4 is 17.6 Å². The van der Waals surface area contributed by atoms with Gasteiger partial charge in [-0.3, -0.25) is 10.1 Å². The Morgan fingerprint density at radius 3 is 2.36 bits per heavy atom. The summed E-state index contributed by atoms with van der Waals surface area (Å²) in [5.41, 5.74) is 2.50. The topological polar surface area (TPSA) is 55.4 Å². The highest BCUT2D eigenvalue weighted by atomic mass is 16.5. The van der Waals surface area contributed by atoms with Crippen molar-refractivity contribution in [3.8, 4) is 0 Å². The van der Waals surface area contributed by atoms with Crippen LogP contribution in [0.15, 0.2) is 54.6 Å². The molecule has 4 heteroatoms. The number of hydrogen-bond donors (Lipinski definition) is 1.